The van der Waals surface area contributed by atoms with E-state index in [-0.39, 0.29) is 36.2 Å². The van der Waals surface area contributed by atoms with Crippen LogP contribution >= 0.6 is 0 Å². The maximum absolute atomic E-state index is 12.9. The summed E-state index contributed by atoms with van der Waals surface area (Å²) in [5.74, 6) is 0.175. The maximum atomic E-state index is 12.9. The lowest BCUT2D eigenvalue weighted by Gasteiger charge is -2.39. The van der Waals surface area contributed by atoms with Crippen LogP contribution in [0.15, 0.2) is 30.3 Å². The van der Waals surface area contributed by atoms with Gasteiger partial charge in [0.15, 0.2) is 17.3 Å². The van der Waals surface area contributed by atoms with Crippen molar-refractivity contribution in [1.29, 1.82) is 0 Å². The van der Waals surface area contributed by atoms with E-state index < -0.39 is 12.0 Å². The van der Waals surface area contributed by atoms with Gasteiger partial charge in [0.1, 0.15) is 6.61 Å². The number of rotatable bonds is 8. The number of hydrogen-bond acceptors (Lipinski definition) is 6. The lowest BCUT2D eigenvalue weighted by molar-refractivity contribution is -0.153. The Morgan fingerprint density at radius 3 is 2.50 bits per heavy atom. The van der Waals surface area contributed by atoms with Gasteiger partial charge in [0.25, 0.3) is 0 Å². The van der Waals surface area contributed by atoms with Crippen LogP contribution in [-0.2, 0) is 11.2 Å². The van der Waals surface area contributed by atoms with E-state index >= 15 is 0 Å². The van der Waals surface area contributed by atoms with Crippen LogP contribution in [0.3, 0.4) is 0 Å². The Kier molecular flexibility index (Phi) is 5.62. The van der Waals surface area contributed by atoms with Gasteiger partial charge in [0.2, 0.25) is 5.75 Å². The standard InChI is InChI=1S/C22H22F2O6/c1-27-20-18(30-21(23)24)8-6-16(19(20)29-12-22(9-25)10-28-11-22)13-3-2-4-15-14(13)5-7-17(15)26/h2-4,6,8,21,25H,5,7,9-12H2,1H3. The molecule has 1 fully saturated rings. The van der Waals surface area contributed by atoms with E-state index in [1.807, 2.05) is 6.07 Å². The molecule has 0 aromatic heterocycles. The molecule has 0 atom stereocenters. The highest BCUT2D eigenvalue weighted by Crippen LogP contribution is 2.47. The Balaban J connectivity index is 1.81. The summed E-state index contributed by atoms with van der Waals surface area (Å²) in [6.07, 6.45) is 1.02. The number of alkyl halides is 2. The highest BCUT2D eigenvalue weighted by molar-refractivity contribution is 6.02. The molecule has 0 unspecified atom stereocenters. The summed E-state index contributed by atoms with van der Waals surface area (Å²) in [7, 11) is 1.34. The minimum atomic E-state index is -3.03. The van der Waals surface area contributed by atoms with Crippen LogP contribution in [-0.4, -0.2) is 51.0 Å². The predicted octanol–water partition coefficient (Wildman–Crippen LogP) is 3.48. The molecule has 2 aromatic carbocycles. The number of aliphatic hydroxyl groups excluding tert-OH is 1. The molecular weight excluding hydrogens is 398 g/mol. The van der Waals surface area contributed by atoms with Crippen LogP contribution in [0, 0.1) is 5.41 Å². The number of ether oxygens (including phenoxy) is 4. The summed E-state index contributed by atoms with van der Waals surface area (Å²) < 4.78 is 47.1. The van der Waals surface area contributed by atoms with Crippen molar-refractivity contribution in [3.63, 3.8) is 0 Å². The van der Waals surface area contributed by atoms with Crippen LogP contribution in [0.2, 0.25) is 0 Å². The molecular formula is C22H22F2O6. The van der Waals surface area contributed by atoms with Gasteiger partial charge in [-0.25, -0.2) is 0 Å². The van der Waals surface area contributed by atoms with Crippen LogP contribution in [0.1, 0.15) is 22.3 Å². The molecule has 1 aliphatic heterocycles. The smallest absolute Gasteiger partial charge is 0.387 e. The SMILES string of the molecule is COc1c(OC(F)F)ccc(-c2cccc3c2CCC3=O)c1OCC1(CO)COC1. The fourth-order valence-electron chi connectivity index (χ4n) is 3.86. The van der Waals surface area contributed by atoms with Crippen molar-refractivity contribution >= 4 is 5.78 Å². The van der Waals surface area contributed by atoms with Gasteiger partial charge < -0.3 is 24.1 Å². The molecule has 1 saturated heterocycles. The fraction of sp³-hybridized carbons (Fsp3) is 0.409. The Morgan fingerprint density at radius 2 is 1.87 bits per heavy atom. The monoisotopic (exact) mass is 420 g/mol. The number of ketones is 1. The summed E-state index contributed by atoms with van der Waals surface area (Å²) >= 11 is 0. The van der Waals surface area contributed by atoms with Crippen LogP contribution in [0.25, 0.3) is 11.1 Å². The number of aliphatic hydroxyl groups is 1. The van der Waals surface area contributed by atoms with Crippen LogP contribution in [0.4, 0.5) is 8.78 Å². The molecule has 4 rings (SSSR count). The quantitative estimate of drug-likeness (QED) is 0.705. The Morgan fingerprint density at radius 1 is 1.10 bits per heavy atom. The van der Waals surface area contributed by atoms with E-state index in [0.29, 0.717) is 37.2 Å². The molecule has 0 radical (unpaired) electrons. The van der Waals surface area contributed by atoms with Crippen LogP contribution in [0.5, 0.6) is 17.2 Å². The molecule has 8 heteroatoms. The van der Waals surface area contributed by atoms with Gasteiger partial charge in [-0.05, 0) is 29.7 Å². The largest absolute Gasteiger partial charge is 0.490 e. The third kappa shape index (κ3) is 3.61. The van der Waals surface area contributed by atoms with Crippen LogP contribution < -0.4 is 14.2 Å². The number of Topliss-reactive ketones (excluding diaryl/α,β-unsaturated/α-hetero) is 1. The summed E-state index contributed by atoms with van der Waals surface area (Å²) in [5.41, 5.74) is 2.37. The molecule has 0 bridgehead atoms. The van der Waals surface area contributed by atoms with E-state index in [2.05, 4.69) is 4.74 Å². The molecule has 2 aromatic rings. The molecule has 0 spiro atoms. The molecule has 0 saturated carbocycles. The average molecular weight is 420 g/mol. The van der Waals surface area contributed by atoms with Gasteiger partial charge in [0, 0.05) is 17.5 Å². The number of fused-ring (bicyclic) bond motifs is 1. The minimum Gasteiger partial charge on any atom is -0.490 e. The number of benzene rings is 2. The second kappa shape index (κ2) is 8.20. The van der Waals surface area contributed by atoms with E-state index in [0.717, 1.165) is 11.1 Å². The average Bonchev–Trinajstić information content (AvgIpc) is 3.08. The first-order chi connectivity index (χ1) is 14.5. The van der Waals surface area contributed by atoms with Crippen molar-refractivity contribution in [2.75, 3.05) is 33.5 Å². The fourth-order valence-corrected chi connectivity index (χ4v) is 3.86. The minimum absolute atomic E-state index is 0.0306. The van der Waals surface area contributed by atoms with Gasteiger partial charge in [-0.15, -0.1) is 0 Å². The summed E-state index contributed by atoms with van der Waals surface area (Å²) in [6, 6.07) is 8.45. The van der Waals surface area contributed by atoms with Gasteiger partial charge in [-0.3, -0.25) is 4.79 Å². The predicted molar refractivity (Wildman–Crippen MR) is 104 cm³/mol. The zero-order valence-corrected chi connectivity index (χ0v) is 16.5. The van der Waals surface area contributed by atoms with Crippen molar-refractivity contribution < 1.29 is 37.6 Å². The Hall–Kier alpha value is -2.71. The molecule has 1 N–H and O–H groups in total. The molecule has 1 heterocycles. The van der Waals surface area contributed by atoms with E-state index in [9.17, 15) is 18.7 Å². The normalized spacial score (nSPS) is 16.9. The number of carbonyl (C=O) groups excluding carboxylic acids is 1. The van der Waals surface area contributed by atoms with E-state index in [1.165, 1.54) is 13.2 Å². The van der Waals surface area contributed by atoms with Crippen molar-refractivity contribution in [2.24, 2.45) is 5.41 Å². The highest BCUT2D eigenvalue weighted by Gasteiger charge is 2.40. The van der Waals surface area contributed by atoms with Crippen molar-refractivity contribution in [3.05, 3.63) is 41.5 Å². The number of carbonyl (C=O) groups is 1. The second-order valence-electron chi connectivity index (χ2n) is 7.55. The van der Waals surface area contributed by atoms with Crippen molar-refractivity contribution in [2.45, 2.75) is 19.5 Å². The third-order valence-electron chi connectivity index (χ3n) is 5.54. The molecule has 1 aliphatic carbocycles. The summed E-state index contributed by atoms with van der Waals surface area (Å²) in [5, 5.41) is 9.70. The van der Waals surface area contributed by atoms with Gasteiger partial charge >= 0.3 is 6.61 Å². The first-order valence-corrected chi connectivity index (χ1v) is 9.61. The molecule has 2 aliphatic rings. The van der Waals surface area contributed by atoms with E-state index in [4.69, 9.17) is 14.2 Å². The summed E-state index contributed by atoms with van der Waals surface area (Å²) in [4.78, 5) is 12.2. The highest BCUT2D eigenvalue weighted by atomic mass is 19.3. The second-order valence-corrected chi connectivity index (χ2v) is 7.55. The Bertz CT molecular complexity index is 949. The Labute approximate surface area is 172 Å². The molecule has 160 valence electrons. The number of halogens is 2. The zero-order chi connectivity index (χ0) is 21.3. The first kappa shape index (κ1) is 20.6. The maximum Gasteiger partial charge on any atom is 0.387 e. The number of methoxy groups -OCH3 is 1. The van der Waals surface area contributed by atoms with Gasteiger partial charge in [-0.1, -0.05) is 18.2 Å². The lowest BCUT2D eigenvalue weighted by atomic mass is 9.88. The van der Waals surface area contributed by atoms with Crippen molar-refractivity contribution in [1.82, 2.24) is 0 Å². The summed E-state index contributed by atoms with van der Waals surface area (Å²) in [6.45, 7) is -2.38. The third-order valence-corrected chi connectivity index (χ3v) is 5.54. The molecule has 30 heavy (non-hydrogen) atoms. The molecule has 6 nitrogen and oxygen atoms in total. The van der Waals surface area contributed by atoms with Crippen molar-refractivity contribution in [3.8, 4) is 28.4 Å². The zero-order valence-electron chi connectivity index (χ0n) is 16.5. The van der Waals surface area contributed by atoms with Gasteiger partial charge in [0.05, 0.1) is 32.3 Å². The first-order valence-electron chi connectivity index (χ1n) is 9.61. The number of hydrogen-bond donors (Lipinski definition) is 1. The van der Waals surface area contributed by atoms with Gasteiger partial charge in [-0.2, -0.15) is 8.78 Å². The molecule has 0 amide bonds. The van der Waals surface area contributed by atoms with E-state index in [1.54, 1.807) is 18.2 Å². The lowest BCUT2D eigenvalue weighted by Crippen LogP contribution is -2.50. The topological polar surface area (TPSA) is 74.2 Å².